The number of carbonyl (C=O) groups is 1. The lowest BCUT2D eigenvalue weighted by molar-refractivity contribution is 0.0907. The van der Waals surface area contributed by atoms with Gasteiger partial charge in [-0.15, -0.1) is 0 Å². The van der Waals surface area contributed by atoms with E-state index in [1.54, 1.807) is 23.0 Å². The molecule has 0 atom stereocenters. The fraction of sp³-hybridized carbons (Fsp3) is 0.286. The summed E-state index contributed by atoms with van der Waals surface area (Å²) in [7, 11) is 1.82. The number of nitrogens with one attached hydrogen (secondary N) is 2. The number of anilines is 2. The van der Waals surface area contributed by atoms with Gasteiger partial charge in [0.1, 0.15) is 6.33 Å². The molecule has 0 aliphatic heterocycles. The summed E-state index contributed by atoms with van der Waals surface area (Å²) in [5, 5.41) is 14.2. The molecular formula is C21H22ClN9O2. The van der Waals surface area contributed by atoms with Gasteiger partial charge in [-0.1, -0.05) is 49.7 Å². The second kappa shape index (κ2) is 8.94. The Hall–Kier alpha value is -3.86. The van der Waals surface area contributed by atoms with Crippen molar-refractivity contribution in [3.8, 4) is 11.4 Å². The van der Waals surface area contributed by atoms with Crippen LogP contribution < -0.4 is 10.6 Å². The molecule has 3 heterocycles. The van der Waals surface area contributed by atoms with Crippen molar-refractivity contribution in [1.82, 2.24) is 40.2 Å². The highest BCUT2D eigenvalue weighted by Crippen LogP contribution is 2.24. The molecule has 12 heteroatoms. The minimum Gasteiger partial charge on any atom is -0.344 e. The Labute approximate surface area is 194 Å². The van der Waals surface area contributed by atoms with E-state index < -0.39 is 5.91 Å². The number of benzene rings is 1. The minimum atomic E-state index is -0.471. The van der Waals surface area contributed by atoms with E-state index in [0.717, 1.165) is 5.69 Å². The molecule has 0 spiro atoms. The first-order valence-electron chi connectivity index (χ1n) is 10.0. The van der Waals surface area contributed by atoms with E-state index in [0.29, 0.717) is 33.7 Å². The normalized spacial score (nSPS) is 11.4. The van der Waals surface area contributed by atoms with Crippen LogP contribution >= 0.6 is 11.6 Å². The van der Waals surface area contributed by atoms with E-state index in [2.05, 4.69) is 40.8 Å². The molecule has 33 heavy (non-hydrogen) atoms. The van der Waals surface area contributed by atoms with Gasteiger partial charge in [0.05, 0.1) is 11.9 Å². The minimum absolute atomic E-state index is 0.0912. The largest absolute Gasteiger partial charge is 0.344 e. The summed E-state index contributed by atoms with van der Waals surface area (Å²) in [6.45, 7) is 6.00. The van der Waals surface area contributed by atoms with E-state index in [4.69, 9.17) is 16.1 Å². The van der Waals surface area contributed by atoms with Gasteiger partial charge in [-0.2, -0.15) is 15.1 Å². The molecule has 0 aliphatic carbocycles. The van der Waals surface area contributed by atoms with E-state index in [9.17, 15) is 4.79 Å². The SMILES string of the molecule is Cn1cc(Nc2ncnc(-c3ccc(CNC(=O)c4nc(C(C)(C)C)no4)c(Cl)c3)n2)cn1. The molecule has 4 rings (SSSR count). The second-order valence-corrected chi connectivity index (χ2v) is 8.73. The number of rotatable bonds is 6. The predicted molar refractivity (Wildman–Crippen MR) is 121 cm³/mol. The highest BCUT2D eigenvalue weighted by Gasteiger charge is 2.23. The number of amides is 1. The van der Waals surface area contributed by atoms with Crippen LogP contribution in [0.3, 0.4) is 0 Å². The van der Waals surface area contributed by atoms with E-state index in [1.165, 1.54) is 6.33 Å². The lowest BCUT2D eigenvalue weighted by atomic mass is 9.96. The average Bonchev–Trinajstić information content (AvgIpc) is 3.42. The predicted octanol–water partition coefficient (Wildman–Crippen LogP) is 3.28. The Morgan fingerprint density at radius 1 is 1.21 bits per heavy atom. The monoisotopic (exact) mass is 467 g/mol. The van der Waals surface area contributed by atoms with Crippen molar-refractivity contribution in [2.75, 3.05) is 5.32 Å². The molecule has 0 fully saturated rings. The molecule has 4 aromatic rings. The van der Waals surface area contributed by atoms with E-state index in [1.807, 2.05) is 40.1 Å². The van der Waals surface area contributed by atoms with Gasteiger partial charge in [0, 0.05) is 35.8 Å². The molecule has 0 unspecified atom stereocenters. The Kier molecular flexibility index (Phi) is 6.05. The summed E-state index contributed by atoms with van der Waals surface area (Å²) in [6.07, 6.45) is 4.89. The third kappa shape index (κ3) is 5.32. The molecule has 2 N–H and O–H groups in total. The summed E-state index contributed by atoms with van der Waals surface area (Å²) >= 11 is 6.44. The molecule has 0 radical (unpaired) electrons. The highest BCUT2D eigenvalue weighted by molar-refractivity contribution is 6.31. The average molecular weight is 468 g/mol. The molecular weight excluding hydrogens is 446 g/mol. The quantitative estimate of drug-likeness (QED) is 0.437. The number of nitrogens with zero attached hydrogens (tertiary/aromatic N) is 7. The molecule has 1 amide bonds. The van der Waals surface area contributed by atoms with Crippen LogP contribution in [-0.2, 0) is 19.0 Å². The van der Waals surface area contributed by atoms with Gasteiger partial charge >= 0.3 is 11.8 Å². The van der Waals surface area contributed by atoms with Crippen LogP contribution in [0.1, 0.15) is 42.8 Å². The Bertz CT molecular complexity index is 1290. The van der Waals surface area contributed by atoms with Gasteiger partial charge < -0.3 is 15.2 Å². The van der Waals surface area contributed by atoms with Gasteiger partial charge in [0.25, 0.3) is 0 Å². The molecule has 0 saturated carbocycles. The highest BCUT2D eigenvalue weighted by atomic mass is 35.5. The molecule has 11 nitrogen and oxygen atoms in total. The topological polar surface area (TPSA) is 137 Å². The van der Waals surface area contributed by atoms with E-state index >= 15 is 0 Å². The number of hydrogen-bond donors (Lipinski definition) is 2. The number of aryl methyl sites for hydroxylation is 1. The van der Waals surface area contributed by atoms with Crippen molar-refractivity contribution in [2.24, 2.45) is 7.05 Å². The smallest absolute Gasteiger partial charge is 0.315 e. The van der Waals surface area contributed by atoms with Crippen molar-refractivity contribution in [3.63, 3.8) is 0 Å². The fourth-order valence-electron chi connectivity index (χ4n) is 2.81. The van der Waals surface area contributed by atoms with Crippen LogP contribution in [0.15, 0.2) is 41.4 Å². The van der Waals surface area contributed by atoms with Crippen molar-refractivity contribution in [1.29, 1.82) is 0 Å². The van der Waals surface area contributed by atoms with Crippen molar-refractivity contribution < 1.29 is 9.32 Å². The van der Waals surface area contributed by atoms with Crippen LogP contribution in [0.4, 0.5) is 11.6 Å². The first kappa shape index (κ1) is 22.3. The Balaban J connectivity index is 1.43. The summed E-state index contributed by atoms with van der Waals surface area (Å²) < 4.78 is 6.73. The van der Waals surface area contributed by atoms with Crippen LogP contribution in [0.2, 0.25) is 5.02 Å². The van der Waals surface area contributed by atoms with Crippen LogP contribution in [-0.4, -0.2) is 40.8 Å². The van der Waals surface area contributed by atoms with Crippen molar-refractivity contribution in [2.45, 2.75) is 32.7 Å². The zero-order valence-electron chi connectivity index (χ0n) is 18.5. The molecule has 1 aromatic carbocycles. The first-order chi connectivity index (χ1) is 15.7. The third-order valence-electron chi connectivity index (χ3n) is 4.57. The fourth-order valence-corrected chi connectivity index (χ4v) is 3.06. The molecule has 3 aromatic heterocycles. The maximum absolute atomic E-state index is 12.4. The number of aromatic nitrogens is 7. The Morgan fingerprint density at radius 3 is 2.70 bits per heavy atom. The summed E-state index contributed by atoms with van der Waals surface area (Å²) in [5.74, 6) is 0.738. The summed E-state index contributed by atoms with van der Waals surface area (Å²) in [6, 6.07) is 5.35. The van der Waals surface area contributed by atoms with E-state index in [-0.39, 0.29) is 17.9 Å². The zero-order valence-corrected chi connectivity index (χ0v) is 19.3. The molecule has 0 aliphatic rings. The van der Waals surface area contributed by atoms with Crippen LogP contribution in [0.5, 0.6) is 0 Å². The van der Waals surface area contributed by atoms with Crippen LogP contribution in [0.25, 0.3) is 11.4 Å². The second-order valence-electron chi connectivity index (χ2n) is 8.32. The number of hydrogen-bond acceptors (Lipinski definition) is 9. The Morgan fingerprint density at radius 2 is 2.03 bits per heavy atom. The van der Waals surface area contributed by atoms with Gasteiger partial charge in [0.15, 0.2) is 11.6 Å². The molecule has 170 valence electrons. The van der Waals surface area contributed by atoms with Crippen molar-refractivity contribution in [3.05, 3.63) is 59.2 Å². The molecule has 0 bridgehead atoms. The lowest BCUT2D eigenvalue weighted by Crippen LogP contribution is -2.23. The maximum Gasteiger partial charge on any atom is 0.315 e. The van der Waals surface area contributed by atoms with Gasteiger partial charge in [0.2, 0.25) is 5.95 Å². The summed E-state index contributed by atoms with van der Waals surface area (Å²) in [4.78, 5) is 29.3. The van der Waals surface area contributed by atoms with Crippen LogP contribution in [0, 0.1) is 0 Å². The molecule has 0 saturated heterocycles. The van der Waals surface area contributed by atoms with Gasteiger partial charge in [-0.25, -0.2) is 9.97 Å². The third-order valence-corrected chi connectivity index (χ3v) is 4.93. The standard InChI is InChI=1S/C21H22ClN9O2/c1-21(2,3)19-29-18(33-30-19)17(32)23-8-13-6-5-12(7-15(13)22)16-24-11-25-20(28-16)27-14-9-26-31(4)10-14/h5-7,9-11H,8H2,1-4H3,(H,23,32)(H,24,25,27,28). The van der Waals surface area contributed by atoms with Gasteiger partial charge in [-0.3, -0.25) is 9.48 Å². The maximum atomic E-state index is 12.4. The first-order valence-corrected chi connectivity index (χ1v) is 10.4. The lowest BCUT2D eigenvalue weighted by Gasteiger charge is -2.10. The van der Waals surface area contributed by atoms with Gasteiger partial charge in [-0.05, 0) is 11.6 Å². The number of carbonyl (C=O) groups excluding carboxylic acids is 1. The number of halogens is 1. The zero-order chi connectivity index (χ0) is 23.6. The van der Waals surface area contributed by atoms with Crippen molar-refractivity contribution >= 4 is 29.1 Å². The summed E-state index contributed by atoms with van der Waals surface area (Å²) in [5.41, 5.74) is 1.86.